The molecule has 0 aromatic heterocycles. The van der Waals surface area contributed by atoms with Crippen LogP contribution in [0.4, 0.5) is 13.2 Å². The van der Waals surface area contributed by atoms with Gasteiger partial charge in [0.05, 0.1) is 11.5 Å². The summed E-state index contributed by atoms with van der Waals surface area (Å²) in [6.45, 7) is 0. The lowest BCUT2D eigenvalue weighted by molar-refractivity contribution is -0.144. The monoisotopic (exact) mass is 286 g/mol. The molecular formula is C15H17F3O2. The van der Waals surface area contributed by atoms with Crippen LogP contribution in [0.1, 0.15) is 49.1 Å². The molecule has 1 aliphatic carbocycles. The van der Waals surface area contributed by atoms with E-state index in [2.05, 4.69) is 0 Å². The molecule has 1 aromatic rings. The maximum Gasteiger partial charge on any atom is 0.416 e. The molecule has 0 radical (unpaired) electrons. The van der Waals surface area contributed by atoms with Crippen LogP contribution in [-0.2, 0) is 11.0 Å². The van der Waals surface area contributed by atoms with Gasteiger partial charge in [-0.05, 0) is 30.4 Å². The summed E-state index contributed by atoms with van der Waals surface area (Å²) in [5.74, 6) is -2.26. The van der Waals surface area contributed by atoms with Crippen molar-refractivity contribution >= 4 is 5.97 Å². The Morgan fingerprint density at radius 3 is 2.40 bits per heavy atom. The van der Waals surface area contributed by atoms with Gasteiger partial charge in [-0.15, -0.1) is 0 Å². The van der Waals surface area contributed by atoms with Crippen molar-refractivity contribution in [2.45, 2.75) is 44.2 Å². The highest BCUT2D eigenvalue weighted by atomic mass is 19.4. The second kappa shape index (κ2) is 5.85. The van der Waals surface area contributed by atoms with Gasteiger partial charge in [-0.3, -0.25) is 4.79 Å². The maximum atomic E-state index is 13.1. The van der Waals surface area contributed by atoms with Gasteiger partial charge in [0.1, 0.15) is 0 Å². The van der Waals surface area contributed by atoms with Crippen molar-refractivity contribution in [2.24, 2.45) is 5.92 Å². The van der Waals surface area contributed by atoms with Gasteiger partial charge in [-0.2, -0.15) is 13.2 Å². The van der Waals surface area contributed by atoms with Crippen LogP contribution < -0.4 is 0 Å². The number of benzene rings is 1. The number of hydrogen-bond acceptors (Lipinski definition) is 1. The minimum Gasteiger partial charge on any atom is -0.481 e. The molecule has 110 valence electrons. The predicted octanol–water partition coefficient (Wildman–Crippen LogP) is 4.45. The molecule has 1 saturated carbocycles. The van der Waals surface area contributed by atoms with Gasteiger partial charge < -0.3 is 5.11 Å². The average Bonchev–Trinajstić information content (AvgIpc) is 2.63. The summed E-state index contributed by atoms with van der Waals surface area (Å²) in [5.41, 5.74) is -0.563. The van der Waals surface area contributed by atoms with Gasteiger partial charge in [-0.25, -0.2) is 0 Å². The average molecular weight is 286 g/mol. The summed E-state index contributed by atoms with van der Waals surface area (Å²) in [7, 11) is 0. The van der Waals surface area contributed by atoms with Gasteiger partial charge in [0.2, 0.25) is 0 Å². The highest BCUT2D eigenvalue weighted by molar-refractivity contribution is 5.71. The fraction of sp³-hybridized carbons (Fsp3) is 0.533. The van der Waals surface area contributed by atoms with Gasteiger partial charge >= 0.3 is 12.1 Å². The number of alkyl halides is 3. The summed E-state index contributed by atoms with van der Waals surface area (Å²) >= 11 is 0. The standard InChI is InChI=1S/C15H17F3O2/c16-15(17,18)13-9-5-4-7-11(13)10-6-2-1-3-8-12(10)14(19)20/h4-5,7,9-10,12H,1-3,6,8H2,(H,19,20). The Bertz CT molecular complexity index is 482. The van der Waals surface area contributed by atoms with Crippen molar-refractivity contribution in [1.29, 1.82) is 0 Å². The number of halogens is 3. The lowest BCUT2D eigenvalue weighted by Gasteiger charge is -2.25. The third-order valence-corrected chi connectivity index (χ3v) is 4.00. The van der Waals surface area contributed by atoms with Gasteiger partial charge in [0, 0.05) is 0 Å². The highest BCUT2D eigenvalue weighted by Crippen LogP contribution is 2.42. The molecule has 0 aliphatic heterocycles. The van der Waals surface area contributed by atoms with E-state index in [1.165, 1.54) is 12.1 Å². The van der Waals surface area contributed by atoms with Crippen LogP contribution in [0.25, 0.3) is 0 Å². The molecule has 0 spiro atoms. The Hall–Kier alpha value is -1.52. The highest BCUT2D eigenvalue weighted by Gasteiger charge is 2.38. The molecule has 2 atom stereocenters. The normalized spacial score (nSPS) is 24.1. The Kier molecular flexibility index (Phi) is 4.35. The summed E-state index contributed by atoms with van der Waals surface area (Å²) in [6.07, 6.45) is -1.06. The summed E-state index contributed by atoms with van der Waals surface area (Å²) < 4.78 is 39.3. The summed E-state index contributed by atoms with van der Waals surface area (Å²) in [6, 6.07) is 5.36. The number of rotatable bonds is 2. The lowest BCUT2D eigenvalue weighted by atomic mass is 9.80. The van der Waals surface area contributed by atoms with Crippen LogP contribution in [0, 0.1) is 5.92 Å². The fourth-order valence-electron chi connectivity index (χ4n) is 3.05. The van der Waals surface area contributed by atoms with E-state index in [0.717, 1.165) is 25.3 Å². The van der Waals surface area contributed by atoms with Gasteiger partial charge in [0.15, 0.2) is 0 Å². The third-order valence-electron chi connectivity index (χ3n) is 4.00. The van der Waals surface area contributed by atoms with Crippen molar-refractivity contribution in [2.75, 3.05) is 0 Å². The quantitative estimate of drug-likeness (QED) is 0.815. The fourth-order valence-corrected chi connectivity index (χ4v) is 3.05. The van der Waals surface area contributed by atoms with Crippen LogP contribution in [0.2, 0.25) is 0 Å². The number of aliphatic carboxylic acids is 1. The van der Waals surface area contributed by atoms with E-state index < -0.39 is 29.5 Å². The summed E-state index contributed by atoms with van der Waals surface area (Å²) in [5, 5.41) is 9.31. The van der Waals surface area contributed by atoms with E-state index in [1.54, 1.807) is 6.07 Å². The first kappa shape index (κ1) is 14.9. The Balaban J connectivity index is 2.44. The molecular weight excluding hydrogens is 269 g/mol. The zero-order valence-electron chi connectivity index (χ0n) is 11.0. The Morgan fingerprint density at radius 1 is 1.10 bits per heavy atom. The van der Waals surface area contributed by atoms with Crippen molar-refractivity contribution < 1.29 is 23.1 Å². The van der Waals surface area contributed by atoms with Crippen LogP contribution in [0.5, 0.6) is 0 Å². The van der Waals surface area contributed by atoms with Gasteiger partial charge in [0.25, 0.3) is 0 Å². The number of hydrogen-bond donors (Lipinski definition) is 1. The maximum absolute atomic E-state index is 13.1. The van der Waals surface area contributed by atoms with E-state index in [1.807, 2.05) is 0 Å². The van der Waals surface area contributed by atoms with Crippen molar-refractivity contribution in [3.63, 3.8) is 0 Å². The van der Waals surface area contributed by atoms with Crippen LogP contribution in [-0.4, -0.2) is 11.1 Å². The second-order valence-electron chi connectivity index (χ2n) is 5.27. The number of carboxylic acid groups (broad SMARTS) is 1. The smallest absolute Gasteiger partial charge is 0.416 e. The zero-order chi connectivity index (χ0) is 14.8. The van der Waals surface area contributed by atoms with Gasteiger partial charge in [-0.1, -0.05) is 37.5 Å². The first-order valence-electron chi connectivity index (χ1n) is 6.80. The third kappa shape index (κ3) is 3.14. The van der Waals surface area contributed by atoms with Crippen LogP contribution >= 0.6 is 0 Å². The number of carbonyl (C=O) groups is 1. The first-order chi connectivity index (χ1) is 9.41. The Morgan fingerprint density at radius 2 is 1.75 bits per heavy atom. The van der Waals surface area contributed by atoms with Crippen LogP contribution in [0.3, 0.4) is 0 Å². The molecule has 0 saturated heterocycles. The number of carboxylic acids is 1. The topological polar surface area (TPSA) is 37.3 Å². The van der Waals surface area contributed by atoms with E-state index in [-0.39, 0.29) is 5.56 Å². The molecule has 1 aliphatic rings. The minimum absolute atomic E-state index is 0.134. The molecule has 1 fully saturated rings. The molecule has 20 heavy (non-hydrogen) atoms. The van der Waals surface area contributed by atoms with E-state index in [9.17, 15) is 23.1 Å². The molecule has 0 bridgehead atoms. The summed E-state index contributed by atoms with van der Waals surface area (Å²) in [4.78, 5) is 11.4. The molecule has 2 rings (SSSR count). The van der Waals surface area contributed by atoms with E-state index in [4.69, 9.17) is 0 Å². The molecule has 1 N–H and O–H groups in total. The molecule has 5 heteroatoms. The van der Waals surface area contributed by atoms with E-state index >= 15 is 0 Å². The first-order valence-corrected chi connectivity index (χ1v) is 6.80. The minimum atomic E-state index is -4.44. The molecule has 1 aromatic carbocycles. The van der Waals surface area contributed by atoms with E-state index in [0.29, 0.717) is 12.8 Å². The molecule has 0 amide bonds. The zero-order valence-corrected chi connectivity index (χ0v) is 11.0. The van der Waals surface area contributed by atoms with Crippen molar-refractivity contribution in [1.82, 2.24) is 0 Å². The second-order valence-corrected chi connectivity index (χ2v) is 5.27. The Labute approximate surface area is 115 Å². The SMILES string of the molecule is O=C(O)C1CCCCCC1c1ccccc1C(F)(F)F. The van der Waals surface area contributed by atoms with Crippen molar-refractivity contribution in [3.8, 4) is 0 Å². The predicted molar refractivity (Wildman–Crippen MR) is 68.4 cm³/mol. The molecule has 2 nitrogen and oxygen atoms in total. The van der Waals surface area contributed by atoms with Crippen molar-refractivity contribution in [3.05, 3.63) is 35.4 Å². The molecule has 2 unspecified atom stereocenters. The van der Waals surface area contributed by atoms with Crippen LogP contribution in [0.15, 0.2) is 24.3 Å². The lowest BCUT2D eigenvalue weighted by Crippen LogP contribution is -2.23. The molecule has 0 heterocycles. The largest absolute Gasteiger partial charge is 0.481 e.